The maximum absolute atomic E-state index is 13.0. The minimum absolute atomic E-state index is 0.235. The van der Waals surface area contributed by atoms with Crippen molar-refractivity contribution in [3.05, 3.63) is 53.5 Å². The van der Waals surface area contributed by atoms with E-state index >= 15 is 0 Å². The van der Waals surface area contributed by atoms with Crippen LogP contribution in [0.25, 0.3) is 5.65 Å². The SMILES string of the molecule is COc1cccc(S(=O)(=O)N2CCc3c(cnc4cc(C)nn34)C2)c1. The summed E-state index contributed by atoms with van der Waals surface area (Å²) in [5.74, 6) is 0.522. The summed E-state index contributed by atoms with van der Waals surface area (Å²) in [6.45, 7) is 2.62. The third-order valence-corrected chi connectivity index (χ3v) is 6.26. The first kappa shape index (κ1) is 16.0. The molecule has 3 aromatic rings. The molecule has 3 heterocycles. The Morgan fingerprint density at radius 3 is 2.88 bits per heavy atom. The van der Waals surface area contributed by atoms with Gasteiger partial charge in [0.25, 0.3) is 0 Å². The Bertz CT molecular complexity index is 1060. The normalized spacial score (nSPS) is 15.3. The van der Waals surface area contributed by atoms with Crippen LogP contribution in [0.2, 0.25) is 0 Å². The minimum Gasteiger partial charge on any atom is -0.497 e. The number of aromatic nitrogens is 3. The van der Waals surface area contributed by atoms with E-state index in [0.29, 0.717) is 18.7 Å². The molecule has 0 atom stereocenters. The number of benzene rings is 1. The quantitative estimate of drug-likeness (QED) is 0.713. The zero-order valence-electron chi connectivity index (χ0n) is 14.0. The number of methoxy groups -OCH3 is 1. The standard InChI is InChI=1S/C17H18N4O3S/c1-12-8-17-18-10-13-11-20(7-6-16(13)21(17)19-12)25(22,23)15-5-3-4-14(9-15)24-2/h3-5,8-10H,6-7,11H2,1-2H3. The average Bonchev–Trinajstić information content (AvgIpc) is 3.02. The maximum atomic E-state index is 13.0. The zero-order valence-corrected chi connectivity index (χ0v) is 14.8. The number of sulfonamides is 1. The Hall–Kier alpha value is -2.45. The van der Waals surface area contributed by atoms with E-state index in [1.807, 2.05) is 17.5 Å². The molecule has 0 unspecified atom stereocenters. The largest absolute Gasteiger partial charge is 0.497 e. The van der Waals surface area contributed by atoms with Gasteiger partial charge >= 0.3 is 0 Å². The van der Waals surface area contributed by atoms with E-state index in [-0.39, 0.29) is 11.4 Å². The number of hydrogen-bond acceptors (Lipinski definition) is 5. The van der Waals surface area contributed by atoms with Gasteiger partial charge in [0.1, 0.15) is 5.75 Å². The summed E-state index contributed by atoms with van der Waals surface area (Å²) in [6.07, 6.45) is 2.34. The molecule has 0 saturated heterocycles. The van der Waals surface area contributed by atoms with E-state index < -0.39 is 10.0 Å². The molecule has 4 rings (SSSR count). The number of rotatable bonds is 3. The first-order chi connectivity index (χ1) is 12.0. The van der Waals surface area contributed by atoms with Crippen molar-refractivity contribution in [3.63, 3.8) is 0 Å². The monoisotopic (exact) mass is 358 g/mol. The molecule has 0 saturated carbocycles. The molecule has 7 nitrogen and oxygen atoms in total. The lowest BCUT2D eigenvalue weighted by Gasteiger charge is -2.28. The fraction of sp³-hybridized carbons (Fsp3) is 0.294. The Labute approximate surface area is 145 Å². The number of aryl methyl sites for hydroxylation is 1. The summed E-state index contributed by atoms with van der Waals surface area (Å²) in [5, 5.41) is 4.46. The Morgan fingerprint density at radius 2 is 2.08 bits per heavy atom. The van der Waals surface area contributed by atoms with Crippen LogP contribution in [0.15, 0.2) is 41.4 Å². The second-order valence-electron chi connectivity index (χ2n) is 6.05. The highest BCUT2D eigenvalue weighted by atomic mass is 32.2. The summed E-state index contributed by atoms with van der Waals surface area (Å²) in [6, 6.07) is 8.46. The van der Waals surface area contributed by atoms with Gasteiger partial charge < -0.3 is 4.74 Å². The van der Waals surface area contributed by atoms with Gasteiger partial charge in [-0.2, -0.15) is 9.40 Å². The molecule has 0 aliphatic carbocycles. The highest BCUT2D eigenvalue weighted by Gasteiger charge is 2.30. The molecule has 130 valence electrons. The van der Waals surface area contributed by atoms with E-state index in [0.717, 1.165) is 22.6 Å². The van der Waals surface area contributed by atoms with Crippen molar-refractivity contribution in [2.75, 3.05) is 13.7 Å². The molecule has 1 aliphatic rings. The summed E-state index contributed by atoms with van der Waals surface area (Å²) in [5.41, 5.74) is 3.59. The van der Waals surface area contributed by atoms with E-state index in [9.17, 15) is 8.42 Å². The molecule has 1 aliphatic heterocycles. The Morgan fingerprint density at radius 1 is 1.24 bits per heavy atom. The van der Waals surface area contributed by atoms with Crippen LogP contribution in [0.5, 0.6) is 5.75 Å². The van der Waals surface area contributed by atoms with Gasteiger partial charge in [0.05, 0.1) is 23.4 Å². The van der Waals surface area contributed by atoms with Crippen molar-refractivity contribution < 1.29 is 13.2 Å². The topological polar surface area (TPSA) is 76.8 Å². The first-order valence-corrected chi connectivity index (χ1v) is 9.40. The molecule has 1 aromatic carbocycles. The smallest absolute Gasteiger partial charge is 0.243 e. The highest BCUT2D eigenvalue weighted by molar-refractivity contribution is 7.89. The molecule has 8 heteroatoms. The van der Waals surface area contributed by atoms with E-state index in [4.69, 9.17) is 4.74 Å². The average molecular weight is 358 g/mol. The third-order valence-electron chi connectivity index (χ3n) is 4.42. The van der Waals surface area contributed by atoms with Crippen molar-refractivity contribution in [2.45, 2.75) is 24.8 Å². The summed E-state index contributed by atoms with van der Waals surface area (Å²) in [4.78, 5) is 4.63. The molecular formula is C17H18N4O3S. The fourth-order valence-electron chi connectivity index (χ4n) is 3.15. The minimum atomic E-state index is -3.59. The number of nitrogens with zero attached hydrogens (tertiary/aromatic N) is 4. The van der Waals surface area contributed by atoms with Crippen LogP contribution < -0.4 is 4.74 Å². The number of hydrogen-bond donors (Lipinski definition) is 0. The van der Waals surface area contributed by atoms with Gasteiger partial charge in [-0.05, 0) is 19.1 Å². The van der Waals surface area contributed by atoms with Crippen molar-refractivity contribution >= 4 is 15.7 Å². The van der Waals surface area contributed by atoms with Crippen molar-refractivity contribution in [2.24, 2.45) is 0 Å². The third kappa shape index (κ3) is 2.67. The van der Waals surface area contributed by atoms with Crippen LogP contribution in [0, 0.1) is 6.92 Å². The van der Waals surface area contributed by atoms with Crippen LogP contribution in [-0.4, -0.2) is 41.0 Å². The maximum Gasteiger partial charge on any atom is 0.243 e. The van der Waals surface area contributed by atoms with Crippen LogP contribution in [0.4, 0.5) is 0 Å². The van der Waals surface area contributed by atoms with Crippen molar-refractivity contribution in [1.29, 1.82) is 0 Å². The molecule has 0 amide bonds. The molecule has 0 N–H and O–H groups in total. The Kier molecular flexibility index (Phi) is 3.73. The Balaban J connectivity index is 1.70. The van der Waals surface area contributed by atoms with Gasteiger partial charge in [0.15, 0.2) is 5.65 Å². The van der Waals surface area contributed by atoms with Gasteiger partial charge in [-0.1, -0.05) is 6.07 Å². The summed E-state index contributed by atoms with van der Waals surface area (Å²) >= 11 is 0. The second-order valence-corrected chi connectivity index (χ2v) is 7.99. The van der Waals surface area contributed by atoms with E-state index in [1.165, 1.54) is 11.4 Å². The molecule has 25 heavy (non-hydrogen) atoms. The predicted molar refractivity (Wildman–Crippen MR) is 92.0 cm³/mol. The lowest BCUT2D eigenvalue weighted by atomic mass is 10.1. The highest BCUT2D eigenvalue weighted by Crippen LogP contribution is 2.26. The van der Waals surface area contributed by atoms with Gasteiger partial charge in [-0.3, -0.25) is 0 Å². The van der Waals surface area contributed by atoms with E-state index in [1.54, 1.807) is 30.5 Å². The van der Waals surface area contributed by atoms with Gasteiger partial charge in [-0.25, -0.2) is 17.9 Å². The molecule has 0 spiro atoms. The molecule has 0 radical (unpaired) electrons. The van der Waals surface area contributed by atoms with Crippen LogP contribution in [0.1, 0.15) is 17.0 Å². The first-order valence-electron chi connectivity index (χ1n) is 7.96. The predicted octanol–water partition coefficient (Wildman–Crippen LogP) is 1.79. The number of fused-ring (bicyclic) bond motifs is 3. The number of ether oxygens (including phenoxy) is 1. The second kappa shape index (κ2) is 5.82. The molecule has 0 fully saturated rings. The van der Waals surface area contributed by atoms with Crippen LogP contribution in [0.3, 0.4) is 0 Å². The summed E-state index contributed by atoms with van der Waals surface area (Å²) in [7, 11) is -2.07. The van der Waals surface area contributed by atoms with Crippen LogP contribution >= 0.6 is 0 Å². The van der Waals surface area contributed by atoms with Gasteiger partial charge in [-0.15, -0.1) is 0 Å². The molecular weight excluding hydrogens is 340 g/mol. The molecule has 2 aromatic heterocycles. The van der Waals surface area contributed by atoms with Gasteiger partial charge in [0, 0.05) is 43.4 Å². The van der Waals surface area contributed by atoms with Crippen molar-refractivity contribution in [1.82, 2.24) is 18.9 Å². The zero-order chi connectivity index (χ0) is 17.6. The lowest BCUT2D eigenvalue weighted by Crippen LogP contribution is -2.37. The van der Waals surface area contributed by atoms with Gasteiger partial charge in [0.2, 0.25) is 10.0 Å². The fourth-order valence-corrected chi connectivity index (χ4v) is 4.60. The van der Waals surface area contributed by atoms with E-state index in [2.05, 4.69) is 10.1 Å². The van der Waals surface area contributed by atoms with Crippen molar-refractivity contribution in [3.8, 4) is 5.75 Å². The van der Waals surface area contributed by atoms with Crippen LogP contribution in [-0.2, 0) is 23.0 Å². The lowest BCUT2D eigenvalue weighted by molar-refractivity contribution is 0.382. The molecule has 0 bridgehead atoms. The summed E-state index contributed by atoms with van der Waals surface area (Å²) < 4.78 is 34.4.